The summed E-state index contributed by atoms with van der Waals surface area (Å²) in [6.07, 6.45) is 7.64. The number of anilines is 1. The van der Waals surface area contributed by atoms with E-state index < -0.39 is 23.8 Å². The van der Waals surface area contributed by atoms with E-state index in [1.807, 2.05) is 6.07 Å². The highest BCUT2D eigenvalue weighted by Crippen LogP contribution is 2.35. The van der Waals surface area contributed by atoms with Crippen LogP contribution in [-0.2, 0) is 9.59 Å². The Morgan fingerprint density at radius 1 is 0.906 bits per heavy atom. The molecule has 1 saturated carbocycles. The van der Waals surface area contributed by atoms with E-state index in [9.17, 15) is 19.2 Å². The second-order valence-corrected chi connectivity index (χ2v) is 9.45. The number of rotatable bonds is 4. The maximum Gasteiger partial charge on any atom is 0.262 e. The minimum Gasteiger partial charge on any atom is -0.370 e. The predicted molar refractivity (Wildman–Crippen MR) is 118 cm³/mol. The summed E-state index contributed by atoms with van der Waals surface area (Å²) in [6.45, 7) is 2.32. The van der Waals surface area contributed by atoms with Crippen LogP contribution in [-0.4, -0.2) is 71.7 Å². The first-order chi connectivity index (χ1) is 15.5. The van der Waals surface area contributed by atoms with Gasteiger partial charge in [-0.15, -0.1) is 0 Å². The molecule has 3 unspecified atom stereocenters. The molecule has 0 radical (unpaired) electrons. The molecular weight excluding hydrogens is 408 g/mol. The first-order valence-corrected chi connectivity index (χ1v) is 11.8. The zero-order chi connectivity index (χ0) is 22.4. The highest BCUT2D eigenvalue weighted by Gasteiger charge is 2.45. The molecule has 8 nitrogen and oxygen atoms in total. The fraction of sp³-hybridized carbons (Fsp3) is 0.583. The number of carbonyl (C=O) groups excluding carboxylic acids is 4. The van der Waals surface area contributed by atoms with Gasteiger partial charge in [-0.3, -0.25) is 34.3 Å². The van der Waals surface area contributed by atoms with Gasteiger partial charge in [0.1, 0.15) is 6.04 Å². The van der Waals surface area contributed by atoms with Gasteiger partial charge in [0.2, 0.25) is 11.8 Å². The van der Waals surface area contributed by atoms with E-state index >= 15 is 0 Å². The molecule has 170 valence electrons. The Bertz CT molecular complexity index is 971. The molecule has 3 atom stereocenters. The third-order valence-corrected chi connectivity index (χ3v) is 7.63. The molecule has 0 spiro atoms. The van der Waals surface area contributed by atoms with E-state index in [-0.39, 0.29) is 18.7 Å². The predicted octanol–water partition coefficient (Wildman–Crippen LogP) is 1.93. The van der Waals surface area contributed by atoms with Crippen LogP contribution in [0.5, 0.6) is 0 Å². The van der Waals surface area contributed by atoms with E-state index in [0.717, 1.165) is 30.1 Å². The van der Waals surface area contributed by atoms with Crippen LogP contribution in [0.1, 0.15) is 72.1 Å². The summed E-state index contributed by atoms with van der Waals surface area (Å²) >= 11 is 0. The van der Waals surface area contributed by atoms with Gasteiger partial charge in [0, 0.05) is 31.2 Å². The highest BCUT2D eigenvalue weighted by molar-refractivity contribution is 6.23. The van der Waals surface area contributed by atoms with Crippen molar-refractivity contribution in [2.45, 2.75) is 69.5 Å². The van der Waals surface area contributed by atoms with E-state index in [4.69, 9.17) is 0 Å². The van der Waals surface area contributed by atoms with E-state index in [2.05, 4.69) is 22.2 Å². The van der Waals surface area contributed by atoms with Crippen LogP contribution in [0.4, 0.5) is 5.69 Å². The van der Waals surface area contributed by atoms with Crippen LogP contribution >= 0.6 is 0 Å². The Morgan fingerprint density at radius 3 is 2.41 bits per heavy atom. The topological polar surface area (TPSA) is 90.0 Å². The van der Waals surface area contributed by atoms with Crippen molar-refractivity contribution >= 4 is 29.3 Å². The summed E-state index contributed by atoms with van der Waals surface area (Å²) in [5.41, 5.74) is 1.59. The van der Waals surface area contributed by atoms with Gasteiger partial charge in [0.05, 0.1) is 11.1 Å². The van der Waals surface area contributed by atoms with Gasteiger partial charge in [-0.2, -0.15) is 0 Å². The lowest BCUT2D eigenvalue weighted by Crippen LogP contribution is -2.54. The molecule has 3 fully saturated rings. The SMILES string of the molecule is CN(c1ccc2c(c1)C(=O)N(C1CCC(=O)NC1=O)C2=O)C1CCCC1N1CCCCC1. The molecule has 4 aliphatic rings. The number of carbonyl (C=O) groups is 4. The van der Waals surface area contributed by atoms with E-state index in [1.165, 1.54) is 32.1 Å². The van der Waals surface area contributed by atoms with E-state index in [1.54, 1.807) is 12.1 Å². The Hall–Kier alpha value is -2.74. The lowest BCUT2D eigenvalue weighted by atomic mass is 10.0. The number of nitrogens with zero attached hydrogens (tertiary/aromatic N) is 3. The third kappa shape index (κ3) is 3.50. The molecule has 8 heteroatoms. The Balaban J connectivity index is 1.37. The quantitative estimate of drug-likeness (QED) is 0.723. The van der Waals surface area contributed by atoms with Crippen molar-refractivity contribution in [2.75, 3.05) is 25.0 Å². The Morgan fingerprint density at radius 2 is 1.66 bits per heavy atom. The van der Waals surface area contributed by atoms with Gasteiger partial charge >= 0.3 is 0 Å². The van der Waals surface area contributed by atoms with Gasteiger partial charge in [-0.05, 0) is 69.8 Å². The summed E-state index contributed by atoms with van der Waals surface area (Å²) < 4.78 is 0. The van der Waals surface area contributed by atoms with Crippen LogP contribution in [0.3, 0.4) is 0 Å². The fourth-order valence-corrected chi connectivity index (χ4v) is 5.92. The van der Waals surface area contributed by atoms with Gasteiger partial charge in [0.15, 0.2) is 0 Å². The molecule has 0 aromatic heterocycles. The number of hydrogen-bond acceptors (Lipinski definition) is 6. The molecular formula is C24H30N4O4. The van der Waals surface area contributed by atoms with Crippen molar-refractivity contribution in [3.63, 3.8) is 0 Å². The lowest BCUT2D eigenvalue weighted by Gasteiger charge is -2.40. The first-order valence-electron chi connectivity index (χ1n) is 11.8. The van der Waals surface area contributed by atoms with Crippen molar-refractivity contribution in [2.24, 2.45) is 0 Å². The maximum atomic E-state index is 13.2. The zero-order valence-electron chi connectivity index (χ0n) is 18.5. The van der Waals surface area contributed by atoms with Crippen molar-refractivity contribution in [3.05, 3.63) is 29.3 Å². The normalized spacial score (nSPS) is 28.8. The molecule has 0 bridgehead atoms. The van der Waals surface area contributed by atoms with Crippen LogP contribution in [0.15, 0.2) is 18.2 Å². The number of likely N-dealkylation sites (N-methyl/N-ethyl adjacent to an activating group) is 1. The number of fused-ring (bicyclic) bond motifs is 1. The number of likely N-dealkylation sites (tertiary alicyclic amines) is 1. The van der Waals surface area contributed by atoms with Gasteiger partial charge < -0.3 is 4.90 Å². The van der Waals surface area contributed by atoms with Crippen LogP contribution in [0, 0.1) is 0 Å². The lowest BCUT2D eigenvalue weighted by molar-refractivity contribution is -0.136. The molecule has 3 heterocycles. The smallest absolute Gasteiger partial charge is 0.262 e. The molecule has 1 N–H and O–H groups in total. The second kappa shape index (κ2) is 8.31. The summed E-state index contributed by atoms with van der Waals surface area (Å²) in [6, 6.07) is 5.38. The molecule has 32 heavy (non-hydrogen) atoms. The van der Waals surface area contributed by atoms with Gasteiger partial charge in [-0.25, -0.2) is 0 Å². The third-order valence-electron chi connectivity index (χ3n) is 7.63. The molecule has 4 amide bonds. The maximum absolute atomic E-state index is 13.2. The number of amides is 4. The average molecular weight is 439 g/mol. The van der Waals surface area contributed by atoms with Crippen molar-refractivity contribution < 1.29 is 19.2 Å². The molecule has 1 aromatic carbocycles. The summed E-state index contributed by atoms with van der Waals surface area (Å²) in [4.78, 5) is 55.8. The molecule has 5 rings (SSSR count). The van der Waals surface area contributed by atoms with Crippen molar-refractivity contribution in [1.29, 1.82) is 0 Å². The first kappa shape index (κ1) is 21.1. The minimum absolute atomic E-state index is 0.122. The summed E-state index contributed by atoms with van der Waals surface area (Å²) in [5, 5.41) is 2.24. The zero-order valence-corrected chi connectivity index (χ0v) is 18.5. The molecule has 1 aliphatic carbocycles. The fourth-order valence-electron chi connectivity index (χ4n) is 5.92. The monoisotopic (exact) mass is 438 g/mol. The number of imide groups is 2. The summed E-state index contributed by atoms with van der Waals surface area (Å²) in [7, 11) is 2.08. The Kier molecular flexibility index (Phi) is 5.49. The number of benzene rings is 1. The van der Waals surface area contributed by atoms with Crippen LogP contribution in [0.25, 0.3) is 0 Å². The largest absolute Gasteiger partial charge is 0.370 e. The average Bonchev–Trinajstić information content (AvgIpc) is 3.38. The number of nitrogens with one attached hydrogen (secondary N) is 1. The van der Waals surface area contributed by atoms with Crippen molar-refractivity contribution in [3.8, 4) is 0 Å². The standard InChI is InChI=1S/C24H30N4O4/c1-26(18-6-5-7-19(18)27-12-3-2-4-13-27)15-8-9-16-17(14-15)24(32)28(23(16)31)20-10-11-21(29)25-22(20)30/h8-9,14,18-20H,2-7,10-13H2,1H3,(H,25,29,30). The molecule has 3 aliphatic heterocycles. The van der Waals surface area contributed by atoms with Crippen molar-refractivity contribution in [1.82, 2.24) is 15.1 Å². The highest BCUT2D eigenvalue weighted by atomic mass is 16.2. The van der Waals surface area contributed by atoms with Crippen LogP contribution in [0.2, 0.25) is 0 Å². The number of piperidine rings is 2. The minimum atomic E-state index is -0.931. The van der Waals surface area contributed by atoms with Crippen LogP contribution < -0.4 is 10.2 Å². The molecule has 2 saturated heterocycles. The van der Waals surface area contributed by atoms with Gasteiger partial charge in [0.25, 0.3) is 11.8 Å². The second-order valence-electron chi connectivity index (χ2n) is 9.45. The Labute approximate surface area is 187 Å². The number of hydrogen-bond donors (Lipinski definition) is 1. The van der Waals surface area contributed by atoms with E-state index in [0.29, 0.717) is 23.2 Å². The summed E-state index contributed by atoms with van der Waals surface area (Å²) in [5.74, 6) is -1.86. The van der Waals surface area contributed by atoms with Gasteiger partial charge in [-0.1, -0.05) is 6.42 Å². The molecule has 1 aromatic rings.